The van der Waals surface area contributed by atoms with Crippen molar-refractivity contribution in [3.8, 4) is 0 Å². The van der Waals surface area contributed by atoms with E-state index in [1.165, 1.54) is 0 Å². The first-order chi connectivity index (χ1) is 10.2. The topological polar surface area (TPSA) is 37.4 Å². The lowest BCUT2D eigenvalue weighted by Crippen LogP contribution is -2.30. The van der Waals surface area contributed by atoms with Crippen molar-refractivity contribution >= 4 is 40.5 Å². The van der Waals surface area contributed by atoms with E-state index in [0.717, 1.165) is 21.1 Å². The van der Waals surface area contributed by atoms with Crippen LogP contribution in [0.4, 0.5) is 5.69 Å². The Bertz CT molecular complexity index is 613. The van der Waals surface area contributed by atoms with Crippen LogP contribution in [0.3, 0.4) is 0 Å². The van der Waals surface area contributed by atoms with Crippen molar-refractivity contribution in [2.75, 3.05) is 4.90 Å². The number of para-hydroxylation sites is 1. The van der Waals surface area contributed by atoms with Gasteiger partial charge in [0, 0.05) is 16.4 Å². The zero-order chi connectivity index (χ0) is 15.1. The minimum atomic E-state index is -0.0323. The Morgan fingerprint density at radius 3 is 2.38 bits per heavy atom. The van der Waals surface area contributed by atoms with E-state index in [9.17, 15) is 9.59 Å². The Morgan fingerprint density at radius 2 is 1.71 bits per heavy atom. The van der Waals surface area contributed by atoms with Crippen LogP contribution in [0.2, 0.25) is 0 Å². The van der Waals surface area contributed by atoms with Crippen LogP contribution in [0.1, 0.15) is 18.4 Å². The maximum absolute atomic E-state index is 12.4. The molecule has 1 amide bonds. The van der Waals surface area contributed by atoms with Gasteiger partial charge in [-0.2, -0.15) is 0 Å². The van der Waals surface area contributed by atoms with Gasteiger partial charge in [-0.05, 0) is 40.3 Å². The third-order valence-corrected chi connectivity index (χ3v) is 4.02. The average Bonchev–Trinajstić information content (AvgIpc) is 2.52. The molecule has 21 heavy (non-hydrogen) atoms. The summed E-state index contributed by atoms with van der Waals surface area (Å²) < 4.78 is 1.02. The van der Waals surface area contributed by atoms with Gasteiger partial charge in [-0.3, -0.25) is 4.79 Å². The molecule has 0 radical (unpaired) electrons. The highest BCUT2D eigenvalue weighted by molar-refractivity contribution is 14.1. The average molecular weight is 393 g/mol. The molecule has 0 aliphatic carbocycles. The molecule has 0 N–H and O–H groups in total. The number of nitrogens with zero attached hydrogens (tertiary/aromatic N) is 1. The number of carbonyl (C=O) groups excluding carboxylic acids is 2. The number of rotatable bonds is 6. The third-order valence-electron chi connectivity index (χ3n) is 3.10. The van der Waals surface area contributed by atoms with Gasteiger partial charge in [0.25, 0.3) is 0 Å². The summed E-state index contributed by atoms with van der Waals surface area (Å²) in [5.74, 6) is -0.0323. The minimum absolute atomic E-state index is 0.0323. The van der Waals surface area contributed by atoms with Crippen molar-refractivity contribution in [2.24, 2.45) is 0 Å². The van der Waals surface area contributed by atoms with Crippen LogP contribution in [0.25, 0.3) is 0 Å². The lowest BCUT2D eigenvalue weighted by Gasteiger charge is -2.24. The van der Waals surface area contributed by atoms with Crippen LogP contribution >= 0.6 is 22.6 Å². The highest BCUT2D eigenvalue weighted by Crippen LogP contribution is 2.24. The second-order valence-electron chi connectivity index (χ2n) is 4.62. The summed E-state index contributed by atoms with van der Waals surface area (Å²) in [6, 6.07) is 17.6. The molecule has 0 heterocycles. The van der Waals surface area contributed by atoms with Crippen molar-refractivity contribution in [1.82, 2.24) is 0 Å². The molecular formula is C17H16INO2. The number of aldehydes is 1. The molecule has 0 spiro atoms. The summed E-state index contributed by atoms with van der Waals surface area (Å²) in [5, 5.41) is 0. The van der Waals surface area contributed by atoms with E-state index >= 15 is 0 Å². The minimum Gasteiger partial charge on any atom is -0.307 e. The summed E-state index contributed by atoms with van der Waals surface area (Å²) in [6.07, 6.45) is 1.28. The highest BCUT2D eigenvalue weighted by atomic mass is 127. The first kappa shape index (κ1) is 15.7. The molecule has 0 atom stereocenters. The van der Waals surface area contributed by atoms with E-state index in [0.29, 0.717) is 6.54 Å². The van der Waals surface area contributed by atoms with Crippen molar-refractivity contribution < 1.29 is 9.59 Å². The quantitative estimate of drug-likeness (QED) is 0.553. The van der Waals surface area contributed by atoms with Gasteiger partial charge in [-0.1, -0.05) is 42.5 Å². The second-order valence-corrected chi connectivity index (χ2v) is 5.78. The number of carbonyl (C=O) groups is 2. The molecule has 4 heteroatoms. The number of anilines is 1. The molecule has 0 saturated heterocycles. The number of hydrogen-bond donors (Lipinski definition) is 0. The standard InChI is InChI=1S/C17H16INO2/c18-15-9-4-5-10-16(15)19(17(21)11-6-12-20)13-14-7-2-1-3-8-14/h1-5,7-10,12H,6,11,13H2. The second kappa shape index (κ2) is 7.93. The van der Waals surface area contributed by atoms with Gasteiger partial charge in [-0.25, -0.2) is 0 Å². The molecule has 0 saturated carbocycles. The van der Waals surface area contributed by atoms with Gasteiger partial charge >= 0.3 is 0 Å². The molecule has 2 aromatic rings. The molecular weight excluding hydrogens is 377 g/mol. The predicted molar refractivity (Wildman–Crippen MR) is 92.1 cm³/mol. The number of amides is 1. The van der Waals surface area contributed by atoms with Crippen molar-refractivity contribution in [2.45, 2.75) is 19.4 Å². The van der Waals surface area contributed by atoms with Gasteiger partial charge < -0.3 is 9.69 Å². The van der Waals surface area contributed by atoms with Gasteiger partial charge in [-0.15, -0.1) is 0 Å². The fourth-order valence-electron chi connectivity index (χ4n) is 2.06. The Labute approximate surface area is 138 Å². The smallest absolute Gasteiger partial charge is 0.227 e. The Balaban J connectivity index is 2.28. The Morgan fingerprint density at radius 1 is 1.05 bits per heavy atom. The fraction of sp³-hybridized carbons (Fsp3) is 0.176. The predicted octanol–water partition coefficient (Wildman–Crippen LogP) is 3.80. The van der Waals surface area contributed by atoms with Gasteiger partial charge in [0.2, 0.25) is 5.91 Å². The SMILES string of the molecule is O=CCCC(=O)N(Cc1ccccc1)c1ccccc1I. The zero-order valence-electron chi connectivity index (χ0n) is 11.5. The van der Waals surface area contributed by atoms with E-state index in [2.05, 4.69) is 22.6 Å². The summed E-state index contributed by atoms with van der Waals surface area (Å²) in [6.45, 7) is 0.512. The summed E-state index contributed by atoms with van der Waals surface area (Å²) in [7, 11) is 0. The molecule has 0 aliphatic heterocycles. The first-order valence-electron chi connectivity index (χ1n) is 6.75. The number of benzene rings is 2. The van der Waals surface area contributed by atoms with Crippen LogP contribution < -0.4 is 4.90 Å². The van der Waals surface area contributed by atoms with Gasteiger partial charge in [0.05, 0.1) is 12.2 Å². The molecule has 0 bridgehead atoms. The molecule has 3 nitrogen and oxygen atoms in total. The first-order valence-corrected chi connectivity index (χ1v) is 7.82. The molecule has 0 unspecified atom stereocenters. The van der Waals surface area contributed by atoms with Gasteiger partial charge in [0.1, 0.15) is 6.29 Å². The number of halogens is 1. The lowest BCUT2D eigenvalue weighted by molar-refractivity contribution is -0.120. The monoisotopic (exact) mass is 393 g/mol. The summed E-state index contributed by atoms with van der Waals surface area (Å²) in [5.41, 5.74) is 1.95. The van der Waals surface area contributed by atoms with Crippen molar-refractivity contribution in [3.05, 3.63) is 63.7 Å². The van der Waals surface area contributed by atoms with Crippen molar-refractivity contribution in [1.29, 1.82) is 0 Å². The molecule has 0 aromatic heterocycles. The van der Waals surface area contributed by atoms with Gasteiger partial charge in [0.15, 0.2) is 0 Å². The zero-order valence-corrected chi connectivity index (χ0v) is 13.7. The van der Waals surface area contributed by atoms with Crippen LogP contribution in [0.5, 0.6) is 0 Å². The highest BCUT2D eigenvalue weighted by Gasteiger charge is 2.17. The normalized spacial score (nSPS) is 10.1. The molecule has 108 valence electrons. The number of hydrogen-bond acceptors (Lipinski definition) is 2. The van der Waals surface area contributed by atoms with E-state index in [1.54, 1.807) is 4.90 Å². The molecule has 0 fully saturated rings. The van der Waals surface area contributed by atoms with Crippen LogP contribution in [0, 0.1) is 3.57 Å². The maximum Gasteiger partial charge on any atom is 0.227 e. The summed E-state index contributed by atoms with van der Waals surface area (Å²) >= 11 is 2.23. The van der Waals surface area contributed by atoms with Crippen LogP contribution in [0.15, 0.2) is 54.6 Å². The molecule has 2 rings (SSSR count). The molecule has 0 aliphatic rings. The van der Waals surface area contributed by atoms with E-state index < -0.39 is 0 Å². The van der Waals surface area contributed by atoms with Crippen molar-refractivity contribution in [3.63, 3.8) is 0 Å². The lowest BCUT2D eigenvalue weighted by atomic mass is 10.1. The van der Waals surface area contributed by atoms with Crippen LogP contribution in [-0.4, -0.2) is 12.2 Å². The Kier molecular flexibility index (Phi) is 5.92. The summed E-state index contributed by atoms with van der Waals surface area (Å²) in [4.78, 5) is 24.7. The third kappa shape index (κ3) is 4.39. The molecule has 2 aromatic carbocycles. The van der Waals surface area contributed by atoms with E-state index in [4.69, 9.17) is 0 Å². The van der Waals surface area contributed by atoms with E-state index in [1.807, 2.05) is 54.6 Å². The largest absolute Gasteiger partial charge is 0.307 e. The maximum atomic E-state index is 12.4. The fourth-order valence-corrected chi connectivity index (χ4v) is 2.74. The van der Waals surface area contributed by atoms with E-state index in [-0.39, 0.29) is 18.7 Å². The van der Waals surface area contributed by atoms with Crippen LogP contribution in [-0.2, 0) is 16.1 Å². The Hall–Kier alpha value is -1.69.